The number of ether oxygens (including phenoxy) is 1. The summed E-state index contributed by atoms with van der Waals surface area (Å²) in [5.41, 5.74) is 1.64. The van der Waals surface area contributed by atoms with Crippen LogP contribution in [0.5, 0.6) is 5.75 Å². The Morgan fingerprint density at radius 2 is 1.96 bits per heavy atom. The summed E-state index contributed by atoms with van der Waals surface area (Å²) in [6, 6.07) is 14.5. The zero-order chi connectivity index (χ0) is 16.8. The summed E-state index contributed by atoms with van der Waals surface area (Å²) in [6.07, 6.45) is 0.708. The smallest absolute Gasteiger partial charge is 0.220 e. The molecule has 0 atom stereocenters. The van der Waals surface area contributed by atoms with Gasteiger partial charge in [0.15, 0.2) is 0 Å². The summed E-state index contributed by atoms with van der Waals surface area (Å²) in [5, 5.41) is 2.91. The van der Waals surface area contributed by atoms with Crippen LogP contribution in [-0.2, 0) is 11.2 Å². The van der Waals surface area contributed by atoms with Crippen LogP contribution < -0.4 is 15.0 Å². The van der Waals surface area contributed by atoms with Crippen molar-refractivity contribution in [1.29, 1.82) is 0 Å². The first-order valence-electron chi connectivity index (χ1n) is 8.21. The molecule has 1 heterocycles. The molecule has 5 heteroatoms. The molecule has 3 rings (SSSR count). The van der Waals surface area contributed by atoms with Gasteiger partial charge < -0.3 is 15.0 Å². The number of carbonyl (C=O) groups excluding carboxylic acids is 1. The van der Waals surface area contributed by atoms with Gasteiger partial charge in [-0.25, -0.2) is 4.39 Å². The van der Waals surface area contributed by atoms with Crippen LogP contribution in [0.1, 0.15) is 12.0 Å². The molecule has 1 amide bonds. The lowest BCUT2D eigenvalue weighted by Gasteiger charge is -2.31. The van der Waals surface area contributed by atoms with E-state index in [1.165, 1.54) is 6.07 Å². The number of amides is 1. The zero-order valence-corrected chi connectivity index (χ0v) is 13.5. The first kappa shape index (κ1) is 16.3. The number of hydrogen-bond donors (Lipinski definition) is 1. The molecule has 0 saturated carbocycles. The summed E-state index contributed by atoms with van der Waals surface area (Å²) in [4.78, 5) is 14.1. The summed E-state index contributed by atoms with van der Waals surface area (Å²) < 4.78 is 19.1. The highest BCUT2D eigenvalue weighted by atomic mass is 19.1. The average molecular weight is 328 g/mol. The van der Waals surface area contributed by atoms with Gasteiger partial charge >= 0.3 is 0 Å². The molecule has 1 aliphatic heterocycles. The third kappa shape index (κ3) is 4.04. The molecule has 0 unspecified atom stereocenters. The molecular formula is C19H21FN2O2. The quantitative estimate of drug-likeness (QED) is 0.886. The molecule has 0 saturated heterocycles. The molecule has 0 spiro atoms. The lowest BCUT2D eigenvalue weighted by Crippen LogP contribution is -2.39. The average Bonchev–Trinajstić information content (AvgIpc) is 2.61. The highest BCUT2D eigenvalue weighted by Gasteiger charge is 2.16. The summed E-state index contributed by atoms with van der Waals surface area (Å²) in [7, 11) is 0. The summed E-state index contributed by atoms with van der Waals surface area (Å²) in [5.74, 6) is 0.574. The van der Waals surface area contributed by atoms with Crippen molar-refractivity contribution in [3.05, 3.63) is 59.9 Å². The molecule has 0 fully saturated rings. The van der Waals surface area contributed by atoms with E-state index in [1.807, 2.05) is 24.3 Å². The van der Waals surface area contributed by atoms with Crippen LogP contribution in [0, 0.1) is 5.82 Å². The fraction of sp³-hybridized carbons (Fsp3) is 0.316. The second-order valence-corrected chi connectivity index (χ2v) is 5.74. The number of carbonyl (C=O) groups is 1. The first-order valence-corrected chi connectivity index (χ1v) is 8.21. The van der Waals surface area contributed by atoms with E-state index in [0.717, 1.165) is 24.5 Å². The number of nitrogens with one attached hydrogen (secondary N) is 1. The Bertz CT molecular complexity index is 705. The van der Waals surface area contributed by atoms with Crippen molar-refractivity contribution < 1.29 is 13.9 Å². The SMILES string of the molecule is O=C(CCc1ccccc1F)NCCN1CCOc2ccccc21. The Morgan fingerprint density at radius 3 is 2.83 bits per heavy atom. The first-order chi connectivity index (χ1) is 11.7. The largest absolute Gasteiger partial charge is 0.490 e. The van der Waals surface area contributed by atoms with E-state index in [2.05, 4.69) is 10.2 Å². The minimum atomic E-state index is -0.254. The van der Waals surface area contributed by atoms with Crippen molar-refractivity contribution in [3.63, 3.8) is 0 Å². The van der Waals surface area contributed by atoms with E-state index in [9.17, 15) is 9.18 Å². The normalized spacial score (nSPS) is 13.1. The van der Waals surface area contributed by atoms with Gasteiger partial charge in [0.25, 0.3) is 0 Å². The van der Waals surface area contributed by atoms with Crippen molar-refractivity contribution in [3.8, 4) is 5.75 Å². The van der Waals surface area contributed by atoms with Gasteiger partial charge in [-0.15, -0.1) is 0 Å². The third-order valence-corrected chi connectivity index (χ3v) is 4.11. The maximum absolute atomic E-state index is 13.5. The van der Waals surface area contributed by atoms with E-state index in [4.69, 9.17) is 4.74 Å². The lowest BCUT2D eigenvalue weighted by atomic mass is 10.1. The molecular weight excluding hydrogens is 307 g/mol. The fourth-order valence-corrected chi connectivity index (χ4v) is 2.83. The van der Waals surface area contributed by atoms with Crippen molar-refractivity contribution >= 4 is 11.6 Å². The lowest BCUT2D eigenvalue weighted by molar-refractivity contribution is -0.121. The predicted octanol–water partition coefficient (Wildman–Crippen LogP) is 2.77. The van der Waals surface area contributed by atoms with Crippen molar-refractivity contribution in [1.82, 2.24) is 5.32 Å². The number of nitrogens with zero attached hydrogens (tertiary/aromatic N) is 1. The number of halogens is 1. The minimum absolute atomic E-state index is 0.0557. The second-order valence-electron chi connectivity index (χ2n) is 5.74. The fourth-order valence-electron chi connectivity index (χ4n) is 2.83. The van der Waals surface area contributed by atoms with Gasteiger partial charge in [-0.1, -0.05) is 30.3 Å². The molecule has 0 radical (unpaired) electrons. The maximum atomic E-state index is 13.5. The van der Waals surface area contributed by atoms with Gasteiger partial charge in [-0.05, 0) is 30.2 Å². The van der Waals surface area contributed by atoms with Crippen LogP contribution in [0.25, 0.3) is 0 Å². The van der Waals surface area contributed by atoms with Crippen molar-refractivity contribution in [2.45, 2.75) is 12.8 Å². The highest BCUT2D eigenvalue weighted by molar-refractivity contribution is 5.76. The molecule has 126 valence electrons. The van der Waals surface area contributed by atoms with Crippen molar-refractivity contribution in [2.75, 3.05) is 31.1 Å². The number of para-hydroxylation sites is 2. The third-order valence-electron chi connectivity index (χ3n) is 4.11. The van der Waals surface area contributed by atoms with Crippen molar-refractivity contribution in [2.24, 2.45) is 0 Å². The summed E-state index contributed by atoms with van der Waals surface area (Å²) >= 11 is 0. The minimum Gasteiger partial charge on any atom is -0.490 e. The predicted molar refractivity (Wildman–Crippen MR) is 91.9 cm³/mol. The van der Waals surface area contributed by atoms with Gasteiger partial charge in [-0.2, -0.15) is 0 Å². The summed E-state index contributed by atoms with van der Waals surface area (Å²) in [6.45, 7) is 2.75. The van der Waals surface area contributed by atoms with Gasteiger partial charge in [0.05, 0.1) is 12.2 Å². The van der Waals surface area contributed by atoms with Crippen LogP contribution in [0.15, 0.2) is 48.5 Å². The van der Waals surface area contributed by atoms with Crippen LogP contribution in [0.4, 0.5) is 10.1 Å². The Kier molecular flexibility index (Phi) is 5.31. The molecule has 2 aromatic rings. The number of anilines is 1. The topological polar surface area (TPSA) is 41.6 Å². The molecule has 0 bridgehead atoms. The molecule has 1 N–H and O–H groups in total. The Hall–Kier alpha value is -2.56. The van der Waals surface area contributed by atoms with E-state index < -0.39 is 0 Å². The number of rotatable bonds is 6. The molecule has 0 aromatic heterocycles. The van der Waals surface area contributed by atoms with E-state index in [-0.39, 0.29) is 11.7 Å². The van der Waals surface area contributed by atoms with Crippen LogP contribution in [0.3, 0.4) is 0 Å². The number of fused-ring (bicyclic) bond motifs is 1. The Morgan fingerprint density at radius 1 is 1.17 bits per heavy atom. The second kappa shape index (κ2) is 7.81. The van der Waals surface area contributed by atoms with E-state index in [0.29, 0.717) is 31.6 Å². The maximum Gasteiger partial charge on any atom is 0.220 e. The van der Waals surface area contributed by atoms with Gasteiger partial charge in [0.2, 0.25) is 5.91 Å². The number of aryl methyl sites for hydroxylation is 1. The van der Waals surface area contributed by atoms with E-state index in [1.54, 1.807) is 18.2 Å². The molecule has 24 heavy (non-hydrogen) atoms. The molecule has 2 aromatic carbocycles. The number of hydrogen-bond acceptors (Lipinski definition) is 3. The van der Waals surface area contributed by atoms with Crippen LogP contribution in [0.2, 0.25) is 0 Å². The standard InChI is InChI=1S/C19H21FN2O2/c20-16-6-2-1-5-15(16)9-10-19(23)21-11-12-22-13-14-24-18-8-4-3-7-17(18)22/h1-8H,9-14H2,(H,21,23). The molecule has 4 nitrogen and oxygen atoms in total. The van der Waals surface area contributed by atoms with Gasteiger partial charge in [-0.3, -0.25) is 4.79 Å². The molecule has 1 aliphatic rings. The Labute approximate surface area is 141 Å². The molecule has 0 aliphatic carbocycles. The highest BCUT2D eigenvalue weighted by Crippen LogP contribution is 2.30. The van der Waals surface area contributed by atoms with Crippen LogP contribution in [-0.4, -0.2) is 32.1 Å². The monoisotopic (exact) mass is 328 g/mol. The van der Waals surface area contributed by atoms with Gasteiger partial charge in [0.1, 0.15) is 18.2 Å². The van der Waals surface area contributed by atoms with E-state index >= 15 is 0 Å². The Balaban J connectivity index is 1.44. The van der Waals surface area contributed by atoms with Crippen LogP contribution >= 0.6 is 0 Å². The number of benzene rings is 2. The zero-order valence-electron chi connectivity index (χ0n) is 13.5. The van der Waals surface area contributed by atoms with Gasteiger partial charge in [0, 0.05) is 19.5 Å².